The Balaban J connectivity index is 3.02. The first-order valence-corrected chi connectivity index (χ1v) is 11.6. The molecule has 0 bridgehead atoms. The second-order valence-corrected chi connectivity index (χ2v) is 12.7. The van der Waals surface area contributed by atoms with Gasteiger partial charge in [-0.2, -0.15) is 0 Å². The van der Waals surface area contributed by atoms with Crippen LogP contribution in [0.2, 0.25) is 6.04 Å². The summed E-state index contributed by atoms with van der Waals surface area (Å²) in [7, 11) is -5.34. The van der Waals surface area contributed by atoms with Crippen LogP contribution in [0.5, 0.6) is 0 Å². The molecule has 0 saturated carbocycles. The van der Waals surface area contributed by atoms with Gasteiger partial charge in [0.25, 0.3) is 0 Å². The summed E-state index contributed by atoms with van der Waals surface area (Å²) >= 11 is 0. The van der Waals surface area contributed by atoms with E-state index < -0.39 is 16.4 Å². The van der Waals surface area contributed by atoms with Crippen LogP contribution in [0.1, 0.15) is 34.1 Å². The van der Waals surface area contributed by atoms with Crippen molar-refractivity contribution in [2.45, 2.75) is 40.2 Å². The van der Waals surface area contributed by atoms with Gasteiger partial charge in [0.2, 0.25) is 0 Å². The molecule has 0 aromatic heterocycles. The van der Waals surface area contributed by atoms with E-state index in [4.69, 9.17) is 22.1 Å². The van der Waals surface area contributed by atoms with Crippen LogP contribution in [-0.4, -0.2) is 49.4 Å². The van der Waals surface area contributed by atoms with Crippen molar-refractivity contribution in [2.75, 3.05) is 33.0 Å². The third kappa shape index (κ3) is 3.21. The van der Waals surface area contributed by atoms with Crippen LogP contribution < -0.4 is 0 Å². The van der Waals surface area contributed by atoms with Gasteiger partial charge in [0, 0.05) is 33.0 Å². The van der Waals surface area contributed by atoms with Gasteiger partial charge in [0.15, 0.2) is 0 Å². The molecule has 1 saturated heterocycles. The van der Waals surface area contributed by atoms with Crippen molar-refractivity contribution >= 4 is 16.4 Å². The summed E-state index contributed by atoms with van der Waals surface area (Å²) in [5, 5.41) is 0. The third-order valence-corrected chi connectivity index (χ3v) is 13.9. The normalized spacial score (nSPS) is 22.0. The van der Waals surface area contributed by atoms with Crippen LogP contribution in [-0.2, 0) is 22.1 Å². The minimum absolute atomic E-state index is 0.571. The van der Waals surface area contributed by atoms with E-state index in [2.05, 4.69) is 0 Å². The van der Waals surface area contributed by atoms with Crippen molar-refractivity contribution in [2.24, 2.45) is 0 Å². The van der Waals surface area contributed by atoms with Crippen molar-refractivity contribution in [1.29, 1.82) is 0 Å². The molecular formula is C11H26O5Si2. The van der Waals surface area contributed by atoms with Gasteiger partial charge in [-0.3, -0.25) is 0 Å². The summed E-state index contributed by atoms with van der Waals surface area (Å²) in [6.45, 7) is 10.9. The van der Waals surface area contributed by atoms with E-state index in [-0.39, 0.29) is 0 Å². The molecule has 5 nitrogen and oxygen atoms in total. The molecule has 0 radical (unpaired) electrons. The summed E-state index contributed by atoms with van der Waals surface area (Å²) in [5.74, 6) is 0. The Morgan fingerprint density at radius 2 is 1.33 bits per heavy atom. The first-order chi connectivity index (χ1) is 8.70. The number of hydrogen-bond donors (Lipinski definition) is 0. The predicted octanol–water partition coefficient (Wildman–Crippen LogP) is 2.01. The molecule has 1 heterocycles. The third-order valence-electron chi connectivity index (χ3n) is 2.83. The zero-order chi connectivity index (χ0) is 13.5. The fraction of sp³-hybridized carbons (Fsp3) is 1.00. The Morgan fingerprint density at radius 1 is 0.833 bits per heavy atom. The van der Waals surface area contributed by atoms with Crippen LogP contribution in [0.4, 0.5) is 0 Å². The van der Waals surface area contributed by atoms with Crippen LogP contribution in [0.25, 0.3) is 0 Å². The van der Waals surface area contributed by atoms with E-state index in [1.165, 1.54) is 0 Å². The monoisotopic (exact) mass is 294 g/mol. The maximum Gasteiger partial charge on any atom is 0.539 e. The fourth-order valence-electron chi connectivity index (χ4n) is 2.33. The summed E-state index contributed by atoms with van der Waals surface area (Å²) in [6, 6.07) is 0.904. The van der Waals surface area contributed by atoms with Crippen LogP contribution in [0, 0.1) is 0 Å². The summed E-state index contributed by atoms with van der Waals surface area (Å²) in [6.07, 6.45) is 0.959. The van der Waals surface area contributed by atoms with Gasteiger partial charge in [-0.25, -0.2) is 0 Å². The molecule has 0 aromatic rings. The maximum atomic E-state index is 6.04. The molecule has 0 aliphatic carbocycles. The summed E-state index contributed by atoms with van der Waals surface area (Å²) in [4.78, 5) is 0. The SMILES string of the molecule is CCO[Si]1(OCC)CCCO[Si]1(OCC)OCC. The summed E-state index contributed by atoms with van der Waals surface area (Å²) < 4.78 is 29.9. The lowest BCUT2D eigenvalue weighted by Gasteiger charge is -2.44. The Bertz CT molecular complexity index is 192. The average Bonchev–Trinajstić information content (AvgIpc) is 2.34. The molecule has 0 aromatic carbocycles. The van der Waals surface area contributed by atoms with Crippen LogP contribution in [0.3, 0.4) is 0 Å². The molecule has 0 spiro atoms. The van der Waals surface area contributed by atoms with E-state index in [1.807, 2.05) is 27.7 Å². The van der Waals surface area contributed by atoms with Gasteiger partial charge in [0.1, 0.15) is 0 Å². The Kier molecular flexibility index (Phi) is 7.00. The average molecular weight is 294 g/mol. The zero-order valence-corrected chi connectivity index (χ0v) is 14.0. The van der Waals surface area contributed by atoms with Crippen molar-refractivity contribution < 1.29 is 22.1 Å². The molecule has 1 aliphatic rings. The van der Waals surface area contributed by atoms with Gasteiger partial charge in [-0.1, -0.05) is 0 Å². The molecule has 1 fully saturated rings. The Hall–Kier alpha value is 0.234. The smallest absolute Gasteiger partial charge is 0.392 e. The molecule has 1 rings (SSSR count). The number of hydrogen-bond acceptors (Lipinski definition) is 5. The minimum Gasteiger partial charge on any atom is -0.392 e. The van der Waals surface area contributed by atoms with Gasteiger partial charge in [-0.15, -0.1) is 0 Å². The second-order valence-electron chi connectivity index (χ2n) is 3.99. The van der Waals surface area contributed by atoms with Gasteiger partial charge >= 0.3 is 16.4 Å². The first-order valence-electron chi connectivity index (χ1n) is 6.90. The standard InChI is InChI=1S/C11H26O5Si2/c1-5-12-17(13-6-2)11-9-10-16-18(17,14-7-3)15-8-4/h5-11H2,1-4H3. The highest BCUT2D eigenvalue weighted by atomic mass is 29.3. The summed E-state index contributed by atoms with van der Waals surface area (Å²) in [5.41, 5.74) is 0. The van der Waals surface area contributed by atoms with Crippen LogP contribution in [0.15, 0.2) is 0 Å². The molecular weight excluding hydrogens is 268 g/mol. The van der Waals surface area contributed by atoms with E-state index in [1.54, 1.807) is 0 Å². The lowest BCUT2D eigenvalue weighted by atomic mass is 10.5. The van der Waals surface area contributed by atoms with Gasteiger partial charge in [-0.05, 0) is 40.2 Å². The zero-order valence-electron chi connectivity index (χ0n) is 12.0. The van der Waals surface area contributed by atoms with Crippen molar-refractivity contribution in [3.05, 3.63) is 0 Å². The maximum absolute atomic E-state index is 6.04. The highest BCUT2D eigenvalue weighted by Gasteiger charge is 2.69. The molecule has 7 heteroatoms. The molecule has 108 valence electrons. The van der Waals surface area contributed by atoms with Gasteiger partial charge in [0.05, 0.1) is 0 Å². The largest absolute Gasteiger partial charge is 0.539 e. The second kappa shape index (κ2) is 7.73. The van der Waals surface area contributed by atoms with Crippen molar-refractivity contribution in [1.82, 2.24) is 0 Å². The molecule has 0 atom stereocenters. The molecule has 1 aliphatic heterocycles. The fourth-order valence-corrected chi connectivity index (χ4v) is 13.5. The Morgan fingerprint density at radius 3 is 1.78 bits per heavy atom. The number of rotatable bonds is 8. The highest BCUT2D eigenvalue weighted by molar-refractivity contribution is 7.29. The lowest BCUT2D eigenvalue weighted by Crippen LogP contribution is -2.74. The lowest BCUT2D eigenvalue weighted by molar-refractivity contribution is 0.0489. The van der Waals surface area contributed by atoms with Crippen molar-refractivity contribution in [3.8, 4) is 0 Å². The topological polar surface area (TPSA) is 46.2 Å². The Labute approximate surface area is 112 Å². The highest BCUT2D eigenvalue weighted by Crippen LogP contribution is 2.34. The molecule has 18 heavy (non-hydrogen) atoms. The van der Waals surface area contributed by atoms with Crippen molar-refractivity contribution in [3.63, 3.8) is 0 Å². The van der Waals surface area contributed by atoms with Gasteiger partial charge < -0.3 is 22.1 Å². The molecule has 0 amide bonds. The minimum atomic E-state index is -2.81. The molecule has 0 unspecified atom stereocenters. The van der Waals surface area contributed by atoms with E-state index >= 15 is 0 Å². The quantitative estimate of drug-likeness (QED) is 0.641. The predicted molar refractivity (Wildman–Crippen MR) is 73.4 cm³/mol. The van der Waals surface area contributed by atoms with E-state index in [0.717, 1.165) is 12.5 Å². The van der Waals surface area contributed by atoms with Crippen LogP contribution >= 0.6 is 0 Å². The van der Waals surface area contributed by atoms with E-state index in [0.29, 0.717) is 33.0 Å². The molecule has 0 N–H and O–H groups in total. The van der Waals surface area contributed by atoms with E-state index in [9.17, 15) is 0 Å². The first kappa shape index (κ1) is 16.3.